The molecule has 0 saturated carbocycles. The largest absolute Gasteiger partial charge is 0.459 e. The van der Waals surface area contributed by atoms with Crippen molar-refractivity contribution in [1.82, 2.24) is 0 Å². The van der Waals surface area contributed by atoms with Crippen molar-refractivity contribution >= 4 is 24.1 Å². The van der Waals surface area contributed by atoms with E-state index in [0.717, 1.165) is 6.42 Å². The van der Waals surface area contributed by atoms with Crippen molar-refractivity contribution in [2.45, 2.75) is 188 Å². The minimum Gasteiger partial charge on any atom is -0.459 e. The van der Waals surface area contributed by atoms with Crippen LogP contribution in [0.4, 0.5) is 0 Å². The number of ketones is 1. The highest BCUT2D eigenvalue weighted by Crippen LogP contribution is 2.40. The molecule has 4 heterocycles. The summed E-state index contributed by atoms with van der Waals surface area (Å²) in [5, 5.41) is 17.9. The van der Waals surface area contributed by atoms with Gasteiger partial charge in [-0.3, -0.25) is 4.79 Å². The molecule has 0 aliphatic carbocycles. The first kappa shape index (κ1) is 57.2. The number of nitrogens with zero attached hydrogens (tertiary/aromatic N) is 6. The van der Waals surface area contributed by atoms with Gasteiger partial charge in [0.2, 0.25) is 0 Å². The molecule has 4 aliphatic heterocycles. The Hall–Kier alpha value is -3.84. The Bertz CT molecular complexity index is 1560. The first-order chi connectivity index (χ1) is 29.8. The SMILES string of the molecule is CCC1O[C@H](OC)C(N=[N+]=[N-])[C@@H](C)[C@@H]1O[C@H]1OC(C)[C@@H](O)[C@H](C)C1C.CCC1O[C@H](OC)C(N=[N+]=[N-])[C@@H](C)[C@@H]1O[C@H]1OC(C)[C@@H](OC(=O)CCC(C)=O)[C@H](C)C1C.O=C=O.O=C=O. The van der Waals surface area contributed by atoms with Crippen LogP contribution in [0.3, 0.4) is 0 Å². The number of hydrogen-bond donors (Lipinski definition) is 1. The fraction of sp³-hybridized carbons (Fsp3) is 0.902. The van der Waals surface area contributed by atoms with E-state index in [0.29, 0.717) is 6.42 Å². The molecule has 4 aliphatic rings. The molecule has 63 heavy (non-hydrogen) atoms. The van der Waals surface area contributed by atoms with E-state index < -0.39 is 55.4 Å². The number of hydrogen-bond acceptors (Lipinski definition) is 18. The standard InChI is InChI=1S/C22H37N3O7.C17H31N3O5.2CO2/c1-8-16-20(14(5)18(24-25-23)22(28-7)30-16)32-21-13(4)12(3)19(15(6)29-21)31-17(27)10-9-11(2)26;1-7-12-15(10(4)13(19-20-18)17(22-6)24-12)25-16-9(3)8(2)14(21)11(5)23-16;2*2-1-3/h12-16,18-22H,8-10H2,1-7H3;8-17,21H,7H2,1-6H3;;/t12-,13?,14-,15?,16?,18?,19+,20+,21-,22+;8-,9?,10-,11?,12?,13?,14+,15+,16-,17+;;/m11../s1. The number of azide groups is 2. The maximum atomic E-state index is 12.2. The van der Waals surface area contributed by atoms with Gasteiger partial charge in [-0.05, 0) is 62.4 Å². The normalized spacial score (nSPS) is 39.5. The van der Waals surface area contributed by atoms with E-state index in [9.17, 15) is 14.7 Å². The molecule has 4 fully saturated rings. The molecule has 0 aromatic heterocycles. The predicted molar refractivity (Wildman–Crippen MR) is 217 cm³/mol. The smallest absolute Gasteiger partial charge is 0.373 e. The third-order valence-corrected chi connectivity index (χ3v) is 12.4. The van der Waals surface area contributed by atoms with Crippen LogP contribution in [0.5, 0.6) is 0 Å². The van der Waals surface area contributed by atoms with Gasteiger partial charge in [-0.15, -0.1) is 0 Å². The van der Waals surface area contributed by atoms with E-state index in [-0.39, 0.29) is 103 Å². The number of aliphatic hydroxyl groups excluding tert-OH is 1. The van der Waals surface area contributed by atoms with Crippen molar-refractivity contribution in [2.75, 3.05) is 14.2 Å². The highest BCUT2D eigenvalue weighted by atomic mass is 16.7. The second kappa shape index (κ2) is 28.8. The van der Waals surface area contributed by atoms with Crippen LogP contribution in [-0.2, 0) is 71.4 Å². The van der Waals surface area contributed by atoms with E-state index in [2.05, 4.69) is 20.1 Å². The molecule has 22 nitrogen and oxygen atoms in total. The fourth-order valence-corrected chi connectivity index (χ4v) is 8.23. The van der Waals surface area contributed by atoms with Crippen LogP contribution in [0, 0.1) is 35.5 Å². The number of esters is 1. The van der Waals surface area contributed by atoms with Crippen molar-refractivity contribution in [2.24, 2.45) is 45.7 Å². The summed E-state index contributed by atoms with van der Waals surface area (Å²) in [7, 11) is 3.07. The van der Waals surface area contributed by atoms with Gasteiger partial charge < -0.3 is 52.5 Å². The Balaban J connectivity index is 0.000000572. The zero-order valence-electron chi connectivity index (χ0n) is 38.6. The van der Waals surface area contributed by atoms with Gasteiger partial charge in [0, 0.05) is 48.2 Å². The Kier molecular flexibility index (Phi) is 26.2. The predicted octanol–water partition coefficient (Wildman–Crippen LogP) is 5.44. The summed E-state index contributed by atoms with van der Waals surface area (Å²) in [4.78, 5) is 61.7. The topological polar surface area (TPSA) is 303 Å². The van der Waals surface area contributed by atoms with E-state index in [1.165, 1.54) is 14.0 Å². The highest BCUT2D eigenvalue weighted by molar-refractivity contribution is 5.81. The van der Waals surface area contributed by atoms with Crippen molar-refractivity contribution in [3.63, 3.8) is 0 Å². The molecule has 0 spiro atoms. The van der Waals surface area contributed by atoms with Crippen molar-refractivity contribution in [1.29, 1.82) is 0 Å². The average molecular weight is 901 g/mol. The number of ether oxygens (including phenoxy) is 9. The van der Waals surface area contributed by atoms with Crippen LogP contribution in [0.15, 0.2) is 10.2 Å². The van der Waals surface area contributed by atoms with Gasteiger partial charge in [0.1, 0.15) is 11.9 Å². The molecule has 358 valence electrons. The number of carbonyl (C=O) groups excluding carboxylic acids is 6. The van der Waals surface area contributed by atoms with Crippen molar-refractivity contribution in [3.8, 4) is 0 Å². The van der Waals surface area contributed by atoms with Crippen LogP contribution in [0.25, 0.3) is 20.9 Å². The van der Waals surface area contributed by atoms with E-state index in [1.54, 1.807) is 7.11 Å². The number of Topliss-reactive ketones (excluding diaryl/α,β-unsaturated/α-hetero) is 1. The van der Waals surface area contributed by atoms with E-state index in [4.69, 9.17) is 72.9 Å². The highest BCUT2D eigenvalue weighted by Gasteiger charge is 2.50. The van der Waals surface area contributed by atoms with Crippen LogP contribution in [0.1, 0.15) is 102 Å². The molecule has 8 unspecified atom stereocenters. The summed E-state index contributed by atoms with van der Waals surface area (Å²) >= 11 is 0. The second-order valence-corrected chi connectivity index (χ2v) is 16.4. The van der Waals surface area contributed by atoms with Crippen LogP contribution >= 0.6 is 0 Å². The van der Waals surface area contributed by atoms with Gasteiger partial charge in [0.15, 0.2) is 25.2 Å². The first-order valence-electron chi connectivity index (χ1n) is 21.2. The Morgan fingerprint density at radius 1 is 0.603 bits per heavy atom. The number of methoxy groups -OCH3 is 2. The lowest BCUT2D eigenvalue weighted by atomic mass is 9.84. The average Bonchev–Trinajstić information content (AvgIpc) is 3.25. The van der Waals surface area contributed by atoms with E-state index in [1.807, 2.05) is 69.2 Å². The van der Waals surface area contributed by atoms with Gasteiger partial charge in [-0.25, -0.2) is 0 Å². The summed E-state index contributed by atoms with van der Waals surface area (Å²) < 4.78 is 53.2. The lowest BCUT2D eigenvalue weighted by Crippen LogP contribution is -2.57. The number of aliphatic hydroxyl groups is 1. The summed E-state index contributed by atoms with van der Waals surface area (Å²) in [6, 6.07) is -0.997. The van der Waals surface area contributed by atoms with Crippen molar-refractivity contribution < 1.29 is 76.5 Å². The monoisotopic (exact) mass is 900 g/mol. The molecule has 20 atom stereocenters. The molecule has 4 saturated heterocycles. The first-order valence-corrected chi connectivity index (χ1v) is 21.2. The Morgan fingerprint density at radius 3 is 1.37 bits per heavy atom. The zero-order valence-corrected chi connectivity index (χ0v) is 38.6. The Labute approximate surface area is 368 Å². The van der Waals surface area contributed by atoms with Gasteiger partial charge in [-0.2, -0.15) is 19.2 Å². The maximum Gasteiger partial charge on any atom is 0.373 e. The van der Waals surface area contributed by atoms with Gasteiger partial charge >= 0.3 is 18.3 Å². The fourth-order valence-electron chi connectivity index (χ4n) is 8.23. The van der Waals surface area contributed by atoms with Crippen molar-refractivity contribution in [3.05, 3.63) is 20.9 Å². The molecule has 0 aromatic carbocycles. The summed E-state index contributed by atoms with van der Waals surface area (Å²) in [6.45, 7) is 21.1. The molecule has 22 heteroatoms. The van der Waals surface area contributed by atoms with Crippen LogP contribution in [0.2, 0.25) is 0 Å². The van der Waals surface area contributed by atoms with Crippen LogP contribution in [-0.4, -0.2) is 129 Å². The summed E-state index contributed by atoms with van der Waals surface area (Å²) in [5.41, 5.74) is 17.9. The maximum absolute atomic E-state index is 12.2. The molecule has 0 amide bonds. The molecular formula is C41H68N6O16. The summed E-state index contributed by atoms with van der Waals surface area (Å²) in [6.07, 6.45) is -2.71. The number of carbonyl (C=O) groups is 2. The number of rotatable bonds is 14. The second-order valence-electron chi connectivity index (χ2n) is 16.4. The zero-order chi connectivity index (χ0) is 48.1. The van der Waals surface area contributed by atoms with Crippen LogP contribution < -0.4 is 0 Å². The lowest BCUT2D eigenvalue weighted by Gasteiger charge is -2.48. The lowest BCUT2D eigenvalue weighted by molar-refractivity contribution is -0.317. The molecule has 0 bridgehead atoms. The minimum absolute atomic E-state index is 0.0235. The summed E-state index contributed by atoms with van der Waals surface area (Å²) in [5.74, 6) is -0.687. The third-order valence-electron chi connectivity index (χ3n) is 12.4. The molecule has 0 radical (unpaired) electrons. The molecular weight excluding hydrogens is 832 g/mol. The van der Waals surface area contributed by atoms with Gasteiger partial charge in [0.25, 0.3) is 0 Å². The minimum atomic E-state index is -0.632. The van der Waals surface area contributed by atoms with Gasteiger partial charge in [-0.1, -0.05) is 65.6 Å². The Morgan fingerprint density at radius 2 is 1.00 bits per heavy atom. The molecule has 0 aromatic rings. The third kappa shape index (κ3) is 16.0. The molecule has 1 N–H and O–H groups in total. The quantitative estimate of drug-likeness (QED) is 0.0981. The van der Waals surface area contributed by atoms with E-state index >= 15 is 0 Å². The van der Waals surface area contributed by atoms with Gasteiger partial charge in [0.05, 0.1) is 61.2 Å². The molecule has 4 rings (SSSR count).